The maximum atomic E-state index is 11.8. The van der Waals surface area contributed by atoms with Crippen LogP contribution in [0.2, 0.25) is 0 Å². The van der Waals surface area contributed by atoms with Crippen LogP contribution in [0.4, 0.5) is 0 Å². The number of carbonyl (C=O) groups excluding carboxylic acids is 1. The zero-order valence-electron chi connectivity index (χ0n) is 13.1. The van der Waals surface area contributed by atoms with Crippen LogP contribution in [-0.4, -0.2) is 28.6 Å². The summed E-state index contributed by atoms with van der Waals surface area (Å²) in [5, 5.41) is 15.6. The van der Waals surface area contributed by atoms with Crippen molar-refractivity contribution in [3.8, 4) is 0 Å². The van der Waals surface area contributed by atoms with Gasteiger partial charge in [0.05, 0.1) is 23.2 Å². The van der Waals surface area contributed by atoms with E-state index in [0.29, 0.717) is 6.54 Å². The van der Waals surface area contributed by atoms with E-state index in [1.54, 1.807) is 11.3 Å². The van der Waals surface area contributed by atoms with Crippen LogP contribution in [-0.2, 0) is 16.6 Å². The second-order valence-electron chi connectivity index (χ2n) is 6.33. The van der Waals surface area contributed by atoms with Crippen LogP contribution in [0.15, 0.2) is 5.38 Å². The van der Waals surface area contributed by atoms with Crippen LogP contribution >= 0.6 is 11.3 Å². The summed E-state index contributed by atoms with van der Waals surface area (Å²) in [5.41, 5.74) is 0.821. The number of aromatic nitrogens is 1. The Hall–Kier alpha value is -0.940. The number of hydrogen-bond acceptors (Lipinski definition) is 4. The molecule has 0 saturated carbocycles. The highest BCUT2D eigenvalue weighted by atomic mass is 32.1. The van der Waals surface area contributed by atoms with Crippen LogP contribution in [0.5, 0.6) is 0 Å². The molecule has 4 nitrogen and oxygen atoms in total. The molecule has 0 saturated heterocycles. The Morgan fingerprint density at radius 1 is 1.50 bits per heavy atom. The zero-order chi connectivity index (χ0) is 15.3. The van der Waals surface area contributed by atoms with Gasteiger partial charge < -0.3 is 10.4 Å². The molecule has 1 aromatic heterocycles. The van der Waals surface area contributed by atoms with E-state index in [1.807, 2.05) is 19.2 Å². The second-order valence-corrected chi connectivity index (χ2v) is 7.19. The third-order valence-corrected chi connectivity index (χ3v) is 4.66. The molecule has 0 aliphatic rings. The highest BCUT2D eigenvalue weighted by Gasteiger charge is 2.19. The number of nitrogens with one attached hydrogen (secondary N) is 1. The highest BCUT2D eigenvalue weighted by Crippen LogP contribution is 2.25. The van der Waals surface area contributed by atoms with Crippen molar-refractivity contribution >= 4 is 17.2 Å². The average Bonchev–Trinajstić information content (AvgIpc) is 2.83. The number of rotatable bonds is 6. The van der Waals surface area contributed by atoms with Crippen LogP contribution in [0.25, 0.3) is 0 Å². The first kappa shape index (κ1) is 17.1. The SMILES string of the molecule is CCC(C)C(O)CNC(=O)Cc1csc(C(C)(C)C)n1. The first-order valence-corrected chi connectivity index (χ1v) is 8.01. The van der Waals surface area contributed by atoms with E-state index in [9.17, 15) is 9.90 Å². The Morgan fingerprint density at radius 2 is 2.15 bits per heavy atom. The van der Waals surface area contributed by atoms with Gasteiger partial charge in [-0.2, -0.15) is 0 Å². The minimum Gasteiger partial charge on any atom is -0.391 e. The summed E-state index contributed by atoms with van der Waals surface area (Å²) in [6.45, 7) is 10.6. The molecule has 114 valence electrons. The Morgan fingerprint density at radius 3 is 2.65 bits per heavy atom. The fourth-order valence-corrected chi connectivity index (χ4v) is 2.56. The summed E-state index contributed by atoms with van der Waals surface area (Å²) >= 11 is 1.59. The van der Waals surface area contributed by atoms with Crippen molar-refractivity contribution in [1.82, 2.24) is 10.3 Å². The molecular formula is C15H26N2O2S. The maximum Gasteiger partial charge on any atom is 0.226 e. The van der Waals surface area contributed by atoms with Crippen LogP contribution in [0.3, 0.4) is 0 Å². The molecular weight excluding hydrogens is 272 g/mol. The molecule has 1 aromatic rings. The van der Waals surface area contributed by atoms with Gasteiger partial charge in [-0.1, -0.05) is 41.0 Å². The normalized spacial score (nSPS) is 14.9. The Bertz CT molecular complexity index is 437. The first-order chi connectivity index (χ1) is 9.24. The van der Waals surface area contributed by atoms with E-state index in [4.69, 9.17) is 0 Å². The number of thiazole rings is 1. The maximum absolute atomic E-state index is 11.8. The fraction of sp³-hybridized carbons (Fsp3) is 0.733. The molecule has 0 aliphatic heterocycles. The van der Waals surface area contributed by atoms with E-state index in [1.165, 1.54) is 0 Å². The van der Waals surface area contributed by atoms with Crippen LogP contribution in [0, 0.1) is 5.92 Å². The summed E-state index contributed by atoms with van der Waals surface area (Å²) in [7, 11) is 0. The van der Waals surface area contributed by atoms with E-state index < -0.39 is 6.10 Å². The van der Waals surface area contributed by atoms with Gasteiger partial charge >= 0.3 is 0 Å². The lowest BCUT2D eigenvalue weighted by Crippen LogP contribution is -2.36. The van der Waals surface area contributed by atoms with Crippen molar-refractivity contribution in [3.63, 3.8) is 0 Å². The Kier molecular flexibility index (Phi) is 6.14. The summed E-state index contributed by atoms with van der Waals surface area (Å²) in [6, 6.07) is 0. The van der Waals surface area contributed by atoms with Crippen molar-refractivity contribution in [2.24, 2.45) is 5.92 Å². The molecule has 2 unspecified atom stereocenters. The lowest BCUT2D eigenvalue weighted by atomic mass is 9.98. The highest BCUT2D eigenvalue weighted by molar-refractivity contribution is 7.09. The molecule has 1 rings (SSSR count). The molecule has 5 heteroatoms. The molecule has 0 aliphatic carbocycles. The molecule has 0 bridgehead atoms. The molecule has 2 N–H and O–H groups in total. The molecule has 1 heterocycles. The molecule has 0 aromatic carbocycles. The van der Waals surface area contributed by atoms with Crippen molar-refractivity contribution in [3.05, 3.63) is 16.1 Å². The average molecular weight is 298 g/mol. The lowest BCUT2D eigenvalue weighted by molar-refractivity contribution is -0.121. The third kappa shape index (κ3) is 5.21. The summed E-state index contributed by atoms with van der Waals surface area (Å²) in [5.74, 6) is 0.111. The molecule has 2 atom stereocenters. The van der Waals surface area contributed by atoms with Gasteiger partial charge in [0, 0.05) is 17.3 Å². The van der Waals surface area contributed by atoms with Crippen molar-refractivity contribution < 1.29 is 9.90 Å². The topological polar surface area (TPSA) is 62.2 Å². The second kappa shape index (κ2) is 7.18. The quantitative estimate of drug-likeness (QED) is 0.848. The van der Waals surface area contributed by atoms with Gasteiger partial charge in [0.1, 0.15) is 0 Å². The molecule has 0 radical (unpaired) electrons. The Balaban J connectivity index is 2.45. The number of carbonyl (C=O) groups is 1. The van der Waals surface area contributed by atoms with E-state index >= 15 is 0 Å². The van der Waals surface area contributed by atoms with Gasteiger partial charge in [0.15, 0.2) is 0 Å². The molecule has 0 fully saturated rings. The van der Waals surface area contributed by atoms with Gasteiger partial charge in [-0.3, -0.25) is 4.79 Å². The number of nitrogens with zero attached hydrogens (tertiary/aromatic N) is 1. The molecule has 20 heavy (non-hydrogen) atoms. The lowest BCUT2D eigenvalue weighted by Gasteiger charge is -2.17. The monoisotopic (exact) mass is 298 g/mol. The van der Waals surface area contributed by atoms with Gasteiger partial charge in [-0.15, -0.1) is 11.3 Å². The van der Waals surface area contributed by atoms with Crippen LogP contribution < -0.4 is 5.32 Å². The van der Waals surface area contributed by atoms with E-state index in [-0.39, 0.29) is 23.7 Å². The number of aliphatic hydroxyl groups is 1. The van der Waals surface area contributed by atoms with E-state index in [2.05, 4.69) is 31.1 Å². The van der Waals surface area contributed by atoms with Gasteiger partial charge in [0.25, 0.3) is 0 Å². The van der Waals surface area contributed by atoms with Gasteiger partial charge in [0.2, 0.25) is 5.91 Å². The summed E-state index contributed by atoms with van der Waals surface area (Å²) in [4.78, 5) is 16.3. The van der Waals surface area contributed by atoms with Crippen molar-refractivity contribution in [2.45, 2.75) is 59.0 Å². The summed E-state index contributed by atoms with van der Waals surface area (Å²) < 4.78 is 0. The summed E-state index contributed by atoms with van der Waals surface area (Å²) in [6.07, 6.45) is 0.697. The number of hydrogen-bond donors (Lipinski definition) is 2. The minimum absolute atomic E-state index is 0.0200. The Labute approximate surface area is 125 Å². The number of amides is 1. The molecule has 1 amide bonds. The predicted octanol–water partition coefficient (Wildman–Crippen LogP) is 2.51. The standard InChI is InChI=1S/C15H26N2O2S/c1-6-10(2)12(18)8-16-13(19)7-11-9-20-14(17-11)15(3,4)5/h9-10,12,18H,6-8H2,1-5H3,(H,16,19). The van der Waals surface area contributed by atoms with Crippen LogP contribution in [0.1, 0.15) is 51.7 Å². The van der Waals surface area contributed by atoms with Gasteiger partial charge in [-0.05, 0) is 5.92 Å². The number of aliphatic hydroxyl groups excluding tert-OH is 1. The smallest absolute Gasteiger partial charge is 0.226 e. The minimum atomic E-state index is -0.482. The fourth-order valence-electron chi connectivity index (χ4n) is 1.65. The zero-order valence-corrected chi connectivity index (χ0v) is 13.9. The molecule has 0 spiro atoms. The van der Waals surface area contributed by atoms with Crippen molar-refractivity contribution in [1.29, 1.82) is 0 Å². The van der Waals surface area contributed by atoms with Crippen molar-refractivity contribution in [2.75, 3.05) is 6.54 Å². The first-order valence-electron chi connectivity index (χ1n) is 7.13. The third-order valence-electron chi connectivity index (χ3n) is 3.34. The van der Waals surface area contributed by atoms with E-state index in [0.717, 1.165) is 17.1 Å². The predicted molar refractivity (Wildman–Crippen MR) is 83.0 cm³/mol. The largest absolute Gasteiger partial charge is 0.391 e. The van der Waals surface area contributed by atoms with Gasteiger partial charge in [-0.25, -0.2) is 4.98 Å².